The summed E-state index contributed by atoms with van der Waals surface area (Å²) in [5, 5.41) is 25.5. The van der Waals surface area contributed by atoms with Crippen LogP contribution in [0.15, 0.2) is 36.4 Å². The van der Waals surface area contributed by atoms with Crippen molar-refractivity contribution >= 4 is 30.5 Å². The van der Waals surface area contributed by atoms with Crippen LogP contribution in [-0.2, 0) is 0 Å². The van der Waals surface area contributed by atoms with Crippen LogP contribution in [0.3, 0.4) is 0 Å². The number of piperazine rings is 1. The van der Waals surface area contributed by atoms with Crippen LogP contribution in [0.5, 0.6) is 11.5 Å². The Hall–Kier alpha value is -2.27. The van der Waals surface area contributed by atoms with Crippen LogP contribution in [0.1, 0.15) is 22.7 Å². The van der Waals surface area contributed by atoms with Crippen molar-refractivity contribution in [3.05, 3.63) is 63.2 Å². The summed E-state index contributed by atoms with van der Waals surface area (Å²) in [4.78, 5) is 13.0. The normalized spacial score (nSPS) is 15.4. The number of nitro groups is 1. The number of benzene rings is 2. The van der Waals surface area contributed by atoms with E-state index in [1.165, 1.54) is 24.3 Å². The highest BCUT2D eigenvalue weighted by Gasteiger charge is 2.34. The third-order valence-corrected chi connectivity index (χ3v) is 4.81. The van der Waals surface area contributed by atoms with Gasteiger partial charge in [0.25, 0.3) is 5.69 Å². The van der Waals surface area contributed by atoms with Crippen molar-refractivity contribution in [1.29, 1.82) is 0 Å². The molecule has 7 nitrogen and oxygen atoms in total. The number of nitrogens with zero attached hydrogens (tertiary/aromatic N) is 2. The first-order valence-corrected chi connectivity index (χ1v) is 8.94. The molecule has 1 heterocycles. The highest BCUT2D eigenvalue weighted by molar-refractivity contribution is 5.85. The SMILES string of the molecule is Cc1ccc([N+](=O)[O-])c([C@H](c2ccc(OC(F)(F)F)cc2)N2CCNCC2)c1O.Cl.Cl. The molecule has 2 aromatic rings. The molecule has 0 unspecified atom stereocenters. The van der Waals surface area contributed by atoms with Gasteiger partial charge >= 0.3 is 6.36 Å². The second-order valence-electron chi connectivity index (χ2n) is 6.73. The monoisotopic (exact) mass is 483 g/mol. The van der Waals surface area contributed by atoms with E-state index in [2.05, 4.69) is 10.1 Å². The summed E-state index contributed by atoms with van der Waals surface area (Å²) in [5.74, 6) is -0.582. The lowest BCUT2D eigenvalue weighted by molar-refractivity contribution is -0.386. The predicted molar refractivity (Wildman–Crippen MR) is 113 cm³/mol. The molecule has 0 aromatic heterocycles. The molecular formula is C19H22Cl2F3N3O4. The summed E-state index contributed by atoms with van der Waals surface area (Å²) in [7, 11) is 0. The summed E-state index contributed by atoms with van der Waals surface area (Å²) in [5.41, 5.74) is 0.877. The molecule has 3 rings (SSSR count). The maximum absolute atomic E-state index is 12.4. The Morgan fingerprint density at radius 3 is 2.23 bits per heavy atom. The number of nitro benzene ring substituents is 1. The average Bonchev–Trinajstić information content (AvgIpc) is 2.66. The van der Waals surface area contributed by atoms with E-state index in [1.807, 2.05) is 4.90 Å². The number of hydrogen-bond acceptors (Lipinski definition) is 6. The molecular weight excluding hydrogens is 462 g/mol. The van der Waals surface area contributed by atoms with Crippen molar-refractivity contribution < 1.29 is 27.9 Å². The molecule has 2 aromatic carbocycles. The van der Waals surface area contributed by atoms with E-state index >= 15 is 0 Å². The fraction of sp³-hybridized carbons (Fsp3) is 0.368. The number of phenols is 1. The van der Waals surface area contributed by atoms with Crippen molar-refractivity contribution in [3.8, 4) is 11.5 Å². The van der Waals surface area contributed by atoms with E-state index in [0.717, 1.165) is 12.1 Å². The van der Waals surface area contributed by atoms with E-state index in [4.69, 9.17) is 0 Å². The fourth-order valence-corrected chi connectivity index (χ4v) is 3.49. The summed E-state index contributed by atoms with van der Waals surface area (Å²) in [6.07, 6.45) is -4.81. The number of aromatic hydroxyl groups is 1. The Bertz CT molecular complexity index is 892. The maximum Gasteiger partial charge on any atom is 0.573 e. The lowest BCUT2D eigenvalue weighted by atomic mass is 9.92. The highest BCUT2D eigenvalue weighted by Crippen LogP contribution is 2.42. The van der Waals surface area contributed by atoms with Gasteiger partial charge in [-0.2, -0.15) is 0 Å². The van der Waals surface area contributed by atoms with Crippen LogP contribution in [0.2, 0.25) is 0 Å². The number of nitrogens with one attached hydrogen (secondary N) is 1. The third-order valence-electron chi connectivity index (χ3n) is 4.81. The van der Waals surface area contributed by atoms with Gasteiger partial charge in [-0.3, -0.25) is 15.0 Å². The molecule has 0 amide bonds. The van der Waals surface area contributed by atoms with E-state index in [0.29, 0.717) is 37.3 Å². The number of halogens is 5. The summed E-state index contributed by atoms with van der Waals surface area (Å²) < 4.78 is 41.3. The first kappa shape index (κ1) is 26.8. The lowest BCUT2D eigenvalue weighted by Crippen LogP contribution is -2.45. The Morgan fingerprint density at radius 1 is 1.13 bits per heavy atom. The molecule has 172 valence electrons. The molecule has 0 spiro atoms. The van der Waals surface area contributed by atoms with E-state index in [1.54, 1.807) is 6.92 Å². The van der Waals surface area contributed by atoms with Gasteiger partial charge in [0.05, 0.1) is 16.5 Å². The number of alkyl halides is 3. The zero-order valence-corrected chi connectivity index (χ0v) is 18.0. The molecule has 0 bridgehead atoms. The second-order valence-corrected chi connectivity index (χ2v) is 6.73. The van der Waals surface area contributed by atoms with Crippen molar-refractivity contribution in [2.24, 2.45) is 0 Å². The second kappa shape index (κ2) is 10.9. The molecule has 1 atom stereocenters. The first-order valence-electron chi connectivity index (χ1n) is 8.94. The molecule has 1 fully saturated rings. The lowest BCUT2D eigenvalue weighted by Gasteiger charge is -2.35. The number of hydrogen-bond donors (Lipinski definition) is 2. The smallest absolute Gasteiger partial charge is 0.507 e. The van der Waals surface area contributed by atoms with Crippen molar-refractivity contribution in [3.63, 3.8) is 0 Å². The minimum absolute atomic E-state index is 0. The Balaban J connectivity index is 0.00000240. The highest BCUT2D eigenvalue weighted by atomic mass is 35.5. The van der Waals surface area contributed by atoms with Gasteiger partial charge in [-0.15, -0.1) is 38.0 Å². The van der Waals surface area contributed by atoms with E-state index in [9.17, 15) is 28.4 Å². The minimum atomic E-state index is -4.81. The van der Waals surface area contributed by atoms with Crippen LogP contribution in [0.25, 0.3) is 0 Å². The van der Waals surface area contributed by atoms with Crippen LogP contribution in [0, 0.1) is 17.0 Å². The molecule has 0 aliphatic carbocycles. The summed E-state index contributed by atoms with van der Waals surface area (Å²) in [6, 6.07) is 7.29. The van der Waals surface area contributed by atoms with Crippen LogP contribution >= 0.6 is 24.8 Å². The summed E-state index contributed by atoms with van der Waals surface area (Å²) in [6.45, 7) is 4.03. The summed E-state index contributed by atoms with van der Waals surface area (Å²) >= 11 is 0. The van der Waals surface area contributed by atoms with Crippen LogP contribution < -0.4 is 10.1 Å². The van der Waals surface area contributed by atoms with Gasteiger partial charge < -0.3 is 15.2 Å². The fourth-order valence-electron chi connectivity index (χ4n) is 3.49. The number of phenolic OH excluding ortho intramolecular Hbond substituents is 1. The molecule has 31 heavy (non-hydrogen) atoms. The molecule has 1 aliphatic rings. The Labute approximate surface area is 189 Å². The van der Waals surface area contributed by atoms with Gasteiger partial charge in [0.1, 0.15) is 11.5 Å². The van der Waals surface area contributed by atoms with Gasteiger partial charge in [-0.05, 0) is 36.2 Å². The quantitative estimate of drug-likeness (QED) is 0.485. The van der Waals surface area contributed by atoms with Gasteiger partial charge in [0.15, 0.2) is 0 Å². The van der Waals surface area contributed by atoms with Gasteiger partial charge in [0.2, 0.25) is 0 Å². The Kier molecular flexibility index (Phi) is 9.37. The number of ether oxygens (including phenoxy) is 1. The standard InChI is InChI=1S/C19H20F3N3O4.2ClH/c1-12-2-7-15(25(27)28)16(18(12)26)17(24-10-8-23-9-11-24)13-3-5-14(6-4-13)29-19(20,21)22;;/h2-7,17,23,26H,8-11H2,1H3;2*1H/t17-;;/m0../s1. The third kappa shape index (κ3) is 6.36. The van der Waals surface area contributed by atoms with E-state index < -0.39 is 17.3 Å². The molecule has 0 saturated carbocycles. The molecule has 0 radical (unpaired) electrons. The zero-order valence-electron chi connectivity index (χ0n) is 16.4. The first-order chi connectivity index (χ1) is 13.7. The van der Waals surface area contributed by atoms with Crippen LogP contribution in [-0.4, -0.2) is 47.5 Å². The largest absolute Gasteiger partial charge is 0.573 e. The number of rotatable bonds is 5. The van der Waals surface area contributed by atoms with Crippen molar-refractivity contribution in [1.82, 2.24) is 10.2 Å². The van der Waals surface area contributed by atoms with Crippen molar-refractivity contribution in [2.75, 3.05) is 26.2 Å². The Morgan fingerprint density at radius 2 is 1.71 bits per heavy atom. The van der Waals surface area contributed by atoms with Crippen LogP contribution in [0.4, 0.5) is 18.9 Å². The molecule has 1 aliphatic heterocycles. The zero-order chi connectivity index (χ0) is 21.2. The maximum atomic E-state index is 12.4. The van der Waals surface area contributed by atoms with Crippen molar-refractivity contribution in [2.45, 2.75) is 19.3 Å². The minimum Gasteiger partial charge on any atom is -0.507 e. The molecule has 1 saturated heterocycles. The average molecular weight is 484 g/mol. The van der Waals surface area contributed by atoms with Gasteiger partial charge in [-0.1, -0.05) is 12.1 Å². The van der Waals surface area contributed by atoms with Gasteiger partial charge in [-0.25, -0.2) is 0 Å². The predicted octanol–water partition coefficient (Wildman–Crippen LogP) is 4.35. The molecule has 12 heteroatoms. The van der Waals surface area contributed by atoms with E-state index in [-0.39, 0.29) is 47.6 Å². The molecule has 2 N–H and O–H groups in total. The topological polar surface area (TPSA) is 87.9 Å². The number of aryl methyl sites for hydroxylation is 1. The van der Waals surface area contributed by atoms with Gasteiger partial charge in [0, 0.05) is 32.2 Å².